The molecule has 53 heavy (non-hydrogen) atoms. The summed E-state index contributed by atoms with van der Waals surface area (Å²) >= 11 is 0. The zero-order chi connectivity index (χ0) is 35.7. The van der Waals surface area contributed by atoms with Crippen LogP contribution in [0.5, 0.6) is 0 Å². The largest absolute Gasteiger partial charge is 0.404 e. The lowest BCUT2D eigenvalue weighted by atomic mass is 9.70. The molecule has 0 saturated heterocycles. The lowest BCUT2D eigenvalue weighted by molar-refractivity contribution is 0.510. The Balaban J connectivity index is 1.02. The van der Waals surface area contributed by atoms with E-state index in [-0.39, 0.29) is 5.41 Å². The monoisotopic (exact) mass is 680 g/mol. The maximum absolute atomic E-state index is 6.66. The molecule has 0 saturated carbocycles. The molecule has 6 aromatic rings. The number of rotatable bonds is 4. The van der Waals surface area contributed by atoms with Crippen LogP contribution in [0.25, 0.3) is 33.4 Å². The Morgan fingerprint density at radius 1 is 0.491 bits per heavy atom. The zero-order valence-corrected chi connectivity index (χ0v) is 30.1. The molecule has 0 heterocycles. The van der Waals surface area contributed by atoms with E-state index in [0.29, 0.717) is 0 Å². The molecule has 2 nitrogen and oxygen atoms in total. The van der Waals surface area contributed by atoms with E-state index >= 15 is 0 Å². The van der Waals surface area contributed by atoms with Crippen molar-refractivity contribution in [2.45, 2.75) is 17.8 Å². The fourth-order valence-electron chi connectivity index (χ4n) is 10.3. The van der Waals surface area contributed by atoms with E-state index in [0.717, 1.165) is 12.1 Å². The molecule has 0 aliphatic heterocycles. The van der Waals surface area contributed by atoms with E-state index in [4.69, 9.17) is 5.73 Å². The van der Waals surface area contributed by atoms with Crippen molar-refractivity contribution in [3.05, 3.63) is 238 Å². The fraction of sp³-hybridized carbons (Fsp3) is 0.0980. The first kappa shape index (κ1) is 31.4. The van der Waals surface area contributed by atoms with Crippen LogP contribution in [-0.2, 0) is 10.8 Å². The second-order valence-electron chi connectivity index (χ2n) is 14.5. The molecule has 0 radical (unpaired) electrons. The minimum Gasteiger partial charge on any atom is -0.404 e. The molecule has 6 aromatic carbocycles. The van der Waals surface area contributed by atoms with Crippen LogP contribution in [0.15, 0.2) is 193 Å². The Kier molecular flexibility index (Phi) is 7.00. The zero-order valence-electron chi connectivity index (χ0n) is 30.1. The highest BCUT2D eigenvalue weighted by atomic mass is 15.1. The van der Waals surface area contributed by atoms with Crippen molar-refractivity contribution in [2.24, 2.45) is 5.73 Å². The Morgan fingerprint density at radius 2 is 0.849 bits per heavy atom. The van der Waals surface area contributed by atoms with Gasteiger partial charge in [0, 0.05) is 13.6 Å². The predicted molar refractivity (Wildman–Crippen MR) is 220 cm³/mol. The number of likely N-dealkylation sites (N-methyl/N-ethyl adjacent to an activating group) is 1. The number of benzene rings is 6. The lowest BCUT2D eigenvalue weighted by Gasteiger charge is -2.30. The van der Waals surface area contributed by atoms with Gasteiger partial charge in [-0.05, 0) is 114 Å². The van der Waals surface area contributed by atoms with Crippen LogP contribution in [0.1, 0.15) is 51.4 Å². The van der Waals surface area contributed by atoms with Crippen LogP contribution >= 0.6 is 0 Å². The molecule has 4 aliphatic carbocycles. The van der Waals surface area contributed by atoms with Crippen molar-refractivity contribution in [3.8, 4) is 22.3 Å². The third kappa shape index (κ3) is 4.04. The lowest BCUT2D eigenvalue weighted by Crippen LogP contribution is -2.26. The SMILES string of the molecule is CC=C1/C(=C\C=C\N(C)CC=C2/C(=C\N)C3(c4ccccc42)c2ccccc2-c2ccccc23)c2ccccc2C12c1ccccc1-c1ccccc12. The molecule has 4 aliphatic rings. The summed E-state index contributed by atoms with van der Waals surface area (Å²) in [6, 6.07) is 53.4. The molecule has 254 valence electrons. The van der Waals surface area contributed by atoms with Crippen LogP contribution in [0.2, 0.25) is 0 Å². The molecule has 0 unspecified atom stereocenters. The van der Waals surface area contributed by atoms with Gasteiger partial charge in [-0.3, -0.25) is 0 Å². The van der Waals surface area contributed by atoms with Crippen LogP contribution in [0.3, 0.4) is 0 Å². The van der Waals surface area contributed by atoms with Gasteiger partial charge < -0.3 is 10.6 Å². The van der Waals surface area contributed by atoms with E-state index in [9.17, 15) is 0 Å². The molecule has 2 N–H and O–H groups in total. The summed E-state index contributed by atoms with van der Waals surface area (Å²) in [4.78, 5) is 2.26. The van der Waals surface area contributed by atoms with Crippen LogP contribution < -0.4 is 5.73 Å². The first-order valence-corrected chi connectivity index (χ1v) is 18.6. The molecule has 0 bridgehead atoms. The van der Waals surface area contributed by atoms with E-state index in [1.807, 2.05) is 6.20 Å². The molecule has 0 amide bonds. The van der Waals surface area contributed by atoms with Gasteiger partial charge in [0.15, 0.2) is 0 Å². The number of fused-ring (bicyclic) bond motifs is 14. The third-order valence-corrected chi connectivity index (χ3v) is 12.2. The first-order chi connectivity index (χ1) is 26.1. The highest BCUT2D eigenvalue weighted by Gasteiger charge is 2.54. The maximum Gasteiger partial charge on any atom is 0.0739 e. The molecule has 10 rings (SSSR count). The second kappa shape index (κ2) is 11.8. The molecule has 0 atom stereocenters. The van der Waals surface area contributed by atoms with E-state index in [1.54, 1.807) is 0 Å². The summed E-state index contributed by atoms with van der Waals surface area (Å²) in [6.45, 7) is 2.93. The number of nitrogens with two attached hydrogens (primary N) is 1. The summed E-state index contributed by atoms with van der Waals surface area (Å²) in [6.07, 6.45) is 13.3. The van der Waals surface area contributed by atoms with Gasteiger partial charge in [-0.15, -0.1) is 0 Å². The summed E-state index contributed by atoms with van der Waals surface area (Å²) in [5.74, 6) is 0. The van der Waals surface area contributed by atoms with Crippen molar-refractivity contribution in [3.63, 3.8) is 0 Å². The third-order valence-electron chi connectivity index (χ3n) is 12.2. The van der Waals surface area contributed by atoms with Crippen molar-refractivity contribution in [1.29, 1.82) is 0 Å². The molecular weight excluding hydrogens is 641 g/mol. The highest BCUT2D eigenvalue weighted by molar-refractivity contribution is 6.01. The Morgan fingerprint density at radius 3 is 1.26 bits per heavy atom. The van der Waals surface area contributed by atoms with E-state index in [1.165, 1.54) is 83.5 Å². The number of allylic oxidation sites excluding steroid dienone is 7. The molecule has 0 aromatic heterocycles. The van der Waals surface area contributed by atoms with Gasteiger partial charge >= 0.3 is 0 Å². The maximum atomic E-state index is 6.66. The average molecular weight is 681 g/mol. The van der Waals surface area contributed by atoms with Gasteiger partial charge in [-0.1, -0.05) is 164 Å². The summed E-state index contributed by atoms with van der Waals surface area (Å²) in [5.41, 5.74) is 26.6. The smallest absolute Gasteiger partial charge is 0.0739 e. The summed E-state index contributed by atoms with van der Waals surface area (Å²) in [7, 11) is 2.15. The van der Waals surface area contributed by atoms with Gasteiger partial charge in [0.2, 0.25) is 0 Å². The standard InChI is InChI=1S/C51H40N2/c1-3-42-34(35-17-4-10-24-43(35)50(42)44-25-11-5-18-36(44)37-19-6-12-26-45(37)50)23-16-31-53(2)32-30-41-40-22-9-15-29-48(40)51(49(41)33-52)46-27-13-7-20-38(46)39-21-8-14-28-47(39)51/h3-31,33H,32,52H2,1-2H3/b31-16+,34-23-,41-30?,42-3?,49-33+. The van der Waals surface area contributed by atoms with Crippen molar-refractivity contribution in [2.75, 3.05) is 13.6 Å². The van der Waals surface area contributed by atoms with Crippen molar-refractivity contribution in [1.82, 2.24) is 4.90 Å². The van der Waals surface area contributed by atoms with E-state index < -0.39 is 5.41 Å². The van der Waals surface area contributed by atoms with Crippen LogP contribution in [0, 0.1) is 0 Å². The topological polar surface area (TPSA) is 29.3 Å². The van der Waals surface area contributed by atoms with Gasteiger partial charge in [-0.2, -0.15) is 0 Å². The number of hydrogen-bond acceptors (Lipinski definition) is 2. The molecule has 2 heteroatoms. The molecule has 2 spiro atoms. The number of nitrogens with zero attached hydrogens (tertiary/aromatic N) is 1. The Hall–Kier alpha value is -6.38. The summed E-state index contributed by atoms with van der Waals surface area (Å²) < 4.78 is 0. The Labute approximate surface area is 312 Å². The molecule has 0 fully saturated rings. The summed E-state index contributed by atoms with van der Waals surface area (Å²) in [5, 5.41) is 0. The van der Waals surface area contributed by atoms with Crippen molar-refractivity contribution >= 4 is 11.1 Å². The van der Waals surface area contributed by atoms with Gasteiger partial charge in [0.25, 0.3) is 0 Å². The minimum atomic E-state index is -0.435. The van der Waals surface area contributed by atoms with E-state index in [2.05, 4.69) is 195 Å². The number of hydrogen-bond donors (Lipinski definition) is 1. The predicted octanol–water partition coefficient (Wildman–Crippen LogP) is 11.0. The van der Waals surface area contributed by atoms with Gasteiger partial charge in [0.05, 0.1) is 10.8 Å². The fourth-order valence-corrected chi connectivity index (χ4v) is 10.3. The van der Waals surface area contributed by atoms with Crippen LogP contribution in [-0.4, -0.2) is 18.5 Å². The minimum absolute atomic E-state index is 0.331. The first-order valence-electron chi connectivity index (χ1n) is 18.6. The quantitative estimate of drug-likeness (QED) is 0.201. The highest BCUT2D eigenvalue weighted by Crippen LogP contribution is 2.65. The molecular formula is C51H40N2. The van der Waals surface area contributed by atoms with Crippen molar-refractivity contribution < 1.29 is 0 Å². The van der Waals surface area contributed by atoms with Crippen LogP contribution in [0.4, 0.5) is 0 Å². The second-order valence-corrected chi connectivity index (χ2v) is 14.5. The van der Waals surface area contributed by atoms with Gasteiger partial charge in [-0.25, -0.2) is 0 Å². The Bertz CT molecular complexity index is 2550. The average Bonchev–Trinajstić information content (AvgIpc) is 3.88. The van der Waals surface area contributed by atoms with Gasteiger partial charge in [0.1, 0.15) is 0 Å². The normalized spacial score (nSPS) is 19.3.